The van der Waals surface area contributed by atoms with Crippen molar-refractivity contribution in [2.45, 2.75) is 6.10 Å². The molecule has 1 saturated heterocycles. The maximum absolute atomic E-state index is 10.5. The lowest BCUT2D eigenvalue weighted by molar-refractivity contribution is 0.0643. The maximum atomic E-state index is 10.5. The number of nitrogens with zero attached hydrogens (tertiary/aromatic N) is 2. The van der Waals surface area contributed by atoms with Gasteiger partial charge < -0.3 is 29.0 Å². The van der Waals surface area contributed by atoms with Crippen LogP contribution in [0.25, 0.3) is 0 Å². The van der Waals surface area contributed by atoms with E-state index in [2.05, 4.69) is 21.9 Å². The summed E-state index contributed by atoms with van der Waals surface area (Å²) in [6, 6.07) is 13.6. The summed E-state index contributed by atoms with van der Waals surface area (Å²) < 4.78 is 21.7. The zero-order valence-electron chi connectivity index (χ0n) is 18.2. The number of ether oxygens (including phenoxy) is 4. The number of benzene rings is 2. The van der Waals surface area contributed by atoms with Crippen molar-refractivity contribution < 1.29 is 24.1 Å². The molecule has 31 heavy (non-hydrogen) atoms. The van der Waals surface area contributed by atoms with Gasteiger partial charge >= 0.3 is 0 Å². The summed E-state index contributed by atoms with van der Waals surface area (Å²) in [7, 11) is 4.84. The van der Waals surface area contributed by atoms with Crippen molar-refractivity contribution in [1.29, 1.82) is 0 Å². The average molecular weight is 475 g/mol. The van der Waals surface area contributed by atoms with E-state index in [9.17, 15) is 5.11 Å². The number of hydrogen-bond donors (Lipinski definition) is 1. The average Bonchev–Trinajstić information content (AvgIpc) is 2.78. The number of β-amino-alcohol motifs (C(OH)–C–C–N with tert-alkyl or cyclic N) is 1. The lowest BCUT2D eigenvalue weighted by atomic mass is 10.2. The number of halogens is 2. The topological polar surface area (TPSA) is 63.6 Å². The summed E-state index contributed by atoms with van der Waals surface area (Å²) >= 11 is 0. The van der Waals surface area contributed by atoms with Gasteiger partial charge in [-0.1, -0.05) is 6.07 Å². The molecule has 1 unspecified atom stereocenters. The van der Waals surface area contributed by atoms with Crippen LogP contribution in [0, 0.1) is 0 Å². The highest BCUT2D eigenvalue weighted by Gasteiger charge is 2.21. The molecule has 0 spiro atoms. The molecule has 0 amide bonds. The third-order valence-electron chi connectivity index (χ3n) is 5.08. The Kier molecular flexibility index (Phi) is 11.6. The van der Waals surface area contributed by atoms with Gasteiger partial charge in [0.2, 0.25) is 5.75 Å². The second-order valence-electron chi connectivity index (χ2n) is 6.94. The van der Waals surface area contributed by atoms with E-state index in [0.29, 0.717) is 23.8 Å². The third-order valence-corrected chi connectivity index (χ3v) is 5.08. The van der Waals surface area contributed by atoms with Crippen LogP contribution in [-0.4, -0.2) is 76.8 Å². The normalized spacial score (nSPS) is 14.6. The molecule has 9 heteroatoms. The molecule has 1 heterocycles. The molecule has 1 N–H and O–H groups in total. The molecule has 0 aromatic heterocycles. The van der Waals surface area contributed by atoms with Gasteiger partial charge in [0.05, 0.1) is 21.3 Å². The Morgan fingerprint density at radius 3 is 1.94 bits per heavy atom. The highest BCUT2D eigenvalue weighted by atomic mass is 35.5. The number of anilines is 1. The smallest absolute Gasteiger partial charge is 0.203 e. The maximum Gasteiger partial charge on any atom is 0.203 e. The van der Waals surface area contributed by atoms with Gasteiger partial charge in [0.25, 0.3) is 0 Å². The van der Waals surface area contributed by atoms with Crippen LogP contribution in [0.5, 0.6) is 23.0 Å². The van der Waals surface area contributed by atoms with Crippen LogP contribution in [0.4, 0.5) is 5.69 Å². The lowest BCUT2D eigenvalue weighted by Gasteiger charge is -2.36. The van der Waals surface area contributed by atoms with Gasteiger partial charge in [-0.2, -0.15) is 0 Å². The molecule has 2 aromatic carbocycles. The third kappa shape index (κ3) is 7.25. The molecule has 1 aliphatic heterocycles. The van der Waals surface area contributed by atoms with Gasteiger partial charge in [-0.05, 0) is 36.4 Å². The summed E-state index contributed by atoms with van der Waals surface area (Å²) in [5, 5.41) is 10.5. The van der Waals surface area contributed by atoms with Gasteiger partial charge in [0.15, 0.2) is 11.5 Å². The molecule has 0 saturated carbocycles. The van der Waals surface area contributed by atoms with Gasteiger partial charge in [0, 0.05) is 38.4 Å². The van der Waals surface area contributed by atoms with Gasteiger partial charge in [-0.15, -0.1) is 24.8 Å². The number of para-hydroxylation sites is 1. The standard InChI is InChI=1S/C22H30N2O5.2ClH/c1-26-19-9-7-17(8-10-19)24-13-11-23(12-14-24)15-18(25)16-29-22-20(27-2)5-4-6-21(22)28-3;;/h4-10,18,25H,11-16H2,1-3H3;2*1H. The summed E-state index contributed by atoms with van der Waals surface area (Å²) in [6.07, 6.45) is -0.600. The minimum Gasteiger partial charge on any atom is -0.497 e. The first-order chi connectivity index (χ1) is 14.1. The lowest BCUT2D eigenvalue weighted by Crippen LogP contribution is -2.49. The second-order valence-corrected chi connectivity index (χ2v) is 6.94. The van der Waals surface area contributed by atoms with Crippen molar-refractivity contribution in [1.82, 2.24) is 4.90 Å². The first kappa shape index (κ1) is 27.0. The van der Waals surface area contributed by atoms with E-state index in [0.717, 1.165) is 31.9 Å². The number of methoxy groups -OCH3 is 3. The number of piperazine rings is 1. The van der Waals surface area contributed by atoms with Crippen molar-refractivity contribution in [3.8, 4) is 23.0 Å². The van der Waals surface area contributed by atoms with Crippen LogP contribution >= 0.6 is 24.8 Å². The fraction of sp³-hybridized carbons (Fsp3) is 0.455. The van der Waals surface area contributed by atoms with Crippen LogP contribution in [0.2, 0.25) is 0 Å². The van der Waals surface area contributed by atoms with E-state index in [4.69, 9.17) is 18.9 Å². The minimum atomic E-state index is -0.600. The number of aliphatic hydroxyl groups is 1. The summed E-state index contributed by atoms with van der Waals surface area (Å²) in [5.74, 6) is 2.55. The van der Waals surface area contributed by atoms with E-state index >= 15 is 0 Å². The molecule has 1 aliphatic rings. The van der Waals surface area contributed by atoms with Crippen LogP contribution in [0.1, 0.15) is 0 Å². The van der Waals surface area contributed by atoms with Gasteiger partial charge in [-0.3, -0.25) is 4.90 Å². The van der Waals surface area contributed by atoms with Crippen LogP contribution in [-0.2, 0) is 0 Å². The second kappa shape index (κ2) is 13.4. The molecular weight excluding hydrogens is 443 g/mol. The Labute approximate surface area is 196 Å². The number of aliphatic hydroxyl groups excluding tert-OH is 1. The summed E-state index contributed by atoms with van der Waals surface area (Å²) in [5.41, 5.74) is 1.19. The Balaban J connectivity index is 0.00000240. The Morgan fingerprint density at radius 1 is 0.839 bits per heavy atom. The van der Waals surface area contributed by atoms with E-state index in [1.54, 1.807) is 21.3 Å². The molecule has 0 bridgehead atoms. The zero-order chi connectivity index (χ0) is 20.6. The van der Waals surface area contributed by atoms with Crippen LogP contribution in [0.3, 0.4) is 0 Å². The SMILES string of the molecule is COc1ccc(N2CCN(CC(O)COc3c(OC)cccc3OC)CC2)cc1.Cl.Cl. The fourth-order valence-corrected chi connectivity index (χ4v) is 3.47. The van der Waals surface area contributed by atoms with Crippen molar-refractivity contribution in [2.75, 3.05) is 65.6 Å². The Bertz CT molecular complexity index is 749. The van der Waals surface area contributed by atoms with E-state index < -0.39 is 6.10 Å². The van der Waals surface area contributed by atoms with E-state index in [-0.39, 0.29) is 31.4 Å². The van der Waals surface area contributed by atoms with Crippen molar-refractivity contribution in [2.24, 2.45) is 0 Å². The Hall–Kier alpha value is -2.06. The summed E-state index contributed by atoms with van der Waals surface area (Å²) in [4.78, 5) is 4.60. The molecule has 3 rings (SSSR count). The van der Waals surface area contributed by atoms with E-state index in [1.165, 1.54) is 5.69 Å². The molecule has 2 aromatic rings. The quantitative estimate of drug-likeness (QED) is 0.598. The number of hydrogen-bond acceptors (Lipinski definition) is 7. The fourth-order valence-electron chi connectivity index (χ4n) is 3.47. The highest BCUT2D eigenvalue weighted by molar-refractivity contribution is 5.85. The Morgan fingerprint density at radius 2 is 1.42 bits per heavy atom. The van der Waals surface area contributed by atoms with Crippen molar-refractivity contribution in [3.05, 3.63) is 42.5 Å². The monoisotopic (exact) mass is 474 g/mol. The molecule has 1 atom stereocenters. The van der Waals surface area contributed by atoms with Crippen molar-refractivity contribution in [3.63, 3.8) is 0 Å². The molecule has 1 fully saturated rings. The highest BCUT2D eigenvalue weighted by Crippen LogP contribution is 2.36. The molecule has 0 aliphatic carbocycles. The largest absolute Gasteiger partial charge is 0.497 e. The molecule has 174 valence electrons. The van der Waals surface area contributed by atoms with Gasteiger partial charge in [-0.25, -0.2) is 0 Å². The molecule has 0 radical (unpaired) electrons. The predicted octanol–water partition coefficient (Wildman–Crippen LogP) is 3.12. The number of rotatable bonds is 9. The van der Waals surface area contributed by atoms with E-state index in [1.807, 2.05) is 30.3 Å². The summed E-state index contributed by atoms with van der Waals surface area (Å²) in [6.45, 7) is 4.35. The predicted molar refractivity (Wildman–Crippen MR) is 127 cm³/mol. The molecule has 7 nitrogen and oxygen atoms in total. The zero-order valence-corrected chi connectivity index (χ0v) is 19.8. The van der Waals surface area contributed by atoms with Crippen LogP contribution in [0.15, 0.2) is 42.5 Å². The first-order valence-corrected chi connectivity index (χ1v) is 9.77. The molecular formula is C22H32Cl2N2O5. The van der Waals surface area contributed by atoms with Crippen LogP contribution < -0.4 is 23.8 Å². The van der Waals surface area contributed by atoms with Crippen molar-refractivity contribution >= 4 is 30.5 Å². The minimum absolute atomic E-state index is 0. The first-order valence-electron chi connectivity index (χ1n) is 9.77. The van der Waals surface area contributed by atoms with Gasteiger partial charge in [0.1, 0.15) is 18.5 Å².